The van der Waals surface area contributed by atoms with Crippen LogP contribution < -0.4 is 11.1 Å². The van der Waals surface area contributed by atoms with Gasteiger partial charge in [-0.05, 0) is 31.0 Å². The van der Waals surface area contributed by atoms with E-state index in [1.165, 1.54) is 0 Å². The van der Waals surface area contributed by atoms with Crippen molar-refractivity contribution in [3.8, 4) is 0 Å². The first-order valence-corrected chi connectivity index (χ1v) is 5.35. The lowest BCUT2D eigenvalue weighted by atomic mass is 9.94. The molecule has 1 rings (SSSR count). The maximum atomic E-state index is 11.8. The molecule has 0 atom stereocenters. The van der Waals surface area contributed by atoms with Crippen molar-refractivity contribution in [2.75, 3.05) is 13.1 Å². The fourth-order valence-corrected chi connectivity index (χ4v) is 1.18. The summed E-state index contributed by atoms with van der Waals surface area (Å²) in [5, 5.41) is 2.87. The minimum Gasteiger partial charge on any atom is -0.351 e. The van der Waals surface area contributed by atoms with Gasteiger partial charge < -0.3 is 11.1 Å². The van der Waals surface area contributed by atoms with Gasteiger partial charge in [-0.1, -0.05) is 13.8 Å². The van der Waals surface area contributed by atoms with Crippen molar-refractivity contribution in [3.63, 3.8) is 0 Å². The average molecular weight is 221 g/mol. The molecule has 0 aliphatic rings. The van der Waals surface area contributed by atoms with E-state index in [1.807, 2.05) is 20.8 Å². The first kappa shape index (κ1) is 12.6. The minimum absolute atomic E-state index is 0.0717. The molecule has 16 heavy (non-hydrogen) atoms. The van der Waals surface area contributed by atoms with Crippen molar-refractivity contribution in [1.82, 2.24) is 10.3 Å². The smallest absolute Gasteiger partial charge is 0.251 e. The molecule has 0 aromatic carbocycles. The number of carbonyl (C=O) groups excluding carboxylic acids is 1. The minimum atomic E-state index is -0.0768. The van der Waals surface area contributed by atoms with Gasteiger partial charge in [0.2, 0.25) is 0 Å². The van der Waals surface area contributed by atoms with Crippen molar-refractivity contribution in [3.05, 3.63) is 29.6 Å². The number of amides is 1. The second kappa shape index (κ2) is 5.07. The Hall–Kier alpha value is -1.42. The molecule has 1 aromatic heterocycles. The third-order valence-electron chi connectivity index (χ3n) is 2.44. The molecule has 1 amide bonds. The van der Waals surface area contributed by atoms with Gasteiger partial charge in [0.05, 0.1) is 0 Å². The van der Waals surface area contributed by atoms with E-state index in [0.717, 1.165) is 5.69 Å². The Morgan fingerprint density at radius 2 is 2.25 bits per heavy atom. The van der Waals surface area contributed by atoms with E-state index >= 15 is 0 Å². The predicted molar refractivity (Wildman–Crippen MR) is 64.1 cm³/mol. The molecule has 0 radical (unpaired) electrons. The molecule has 1 heterocycles. The molecule has 4 nitrogen and oxygen atoms in total. The molecule has 88 valence electrons. The molecule has 3 N–H and O–H groups in total. The molecule has 0 fully saturated rings. The van der Waals surface area contributed by atoms with Crippen LogP contribution in [0.3, 0.4) is 0 Å². The number of carbonyl (C=O) groups is 1. The lowest BCUT2D eigenvalue weighted by Crippen LogP contribution is -2.38. The number of aryl methyl sites for hydroxylation is 1. The number of nitrogens with one attached hydrogen (secondary N) is 1. The molecular formula is C12H19N3O. The molecule has 0 saturated carbocycles. The predicted octanol–water partition coefficient (Wildman–Crippen LogP) is 1.10. The number of rotatable bonds is 4. The second-order valence-electron chi connectivity index (χ2n) is 4.74. The molecule has 4 heteroatoms. The summed E-state index contributed by atoms with van der Waals surface area (Å²) in [6.07, 6.45) is 1.64. The Balaban J connectivity index is 2.60. The Kier molecular flexibility index (Phi) is 4.01. The first-order valence-electron chi connectivity index (χ1n) is 5.35. The van der Waals surface area contributed by atoms with Crippen LogP contribution in [0, 0.1) is 12.3 Å². The van der Waals surface area contributed by atoms with Crippen LogP contribution in [0.2, 0.25) is 0 Å². The zero-order valence-electron chi connectivity index (χ0n) is 10.1. The lowest BCUT2D eigenvalue weighted by Gasteiger charge is -2.22. The molecule has 0 aliphatic carbocycles. The van der Waals surface area contributed by atoms with E-state index in [4.69, 9.17) is 5.73 Å². The molecule has 0 unspecified atom stereocenters. The highest BCUT2D eigenvalue weighted by molar-refractivity contribution is 5.94. The van der Waals surface area contributed by atoms with Crippen molar-refractivity contribution in [2.24, 2.45) is 11.1 Å². The average Bonchev–Trinajstić information content (AvgIpc) is 2.26. The number of nitrogens with zero attached hydrogens (tertiary/aromatic N) is 1. The highest BCUT2D eigenvalue weighted by Crippen LogP contribution is 2.10. The first-order chi connectivity index (χ1) is 7.44. The normalized spacial score (nSPS) is 11.2. The van der Waals surface area contributed by atoms with Crippen molar-refractivity contribution >= 4 is 5.91 Å². The summed E-state index contributed by atoms with van der Waals surface area (Å²) >= 11 is 0. The summed E-state index contributed by atoms with van der Waals surface area (Å²) in [5.41, 5.74) is 7.00. The molecular weight excluding hydrogens is 202 g/mol. The Morgan fingerprint density at radius 3 is 2.81 bits per heavy atom. The lowest BCUT2D eigenvalue weighted by molar-refractivity contribution is 0.0937. The van der Waals surface area contributed by atoms with Crippen LogP contribution in [0.4, 0.5) is 0 Å². The van der Waals surface area contributed by atoms with Crippen LogP contribution in [-0.4, -0.2) is 24.0 Å². The number of hydrogen-bond acceptors (Lipinski definition) is 3. The standard InChI is InChI=1S/C12H19N3O/c1-9-6-10(4-5-14-9)11(16)15-8-12(2,3)7-13/h4-6H,7-8,13H2,1-3H3,(H,15,16). The molecule has 0 saturated heterocycles. The van der Waals surface area contributed by atoms with Gasteiger partial charge in [0.1, 0.15) is 0 Å². The molecule has 0 spiro atoms. The largest absolute Gasteiger partial charge is 0.351 e. The topological polar surface area (TPSA) is 68.0 Å². The Labute approximate surface area is 96.3 Å². The highest BCUT2D eigenvalue weighted by Gasteiger charge is 2.17. The SMILES string of the molecule is Cc1cc(C(=O)NCC(C)(C)CN)ccn1. The van der Waals surface area contributed by atoms with Gasteiger partial charge in [-0.25, -0.2) is 0 Å². The zero-order chi connectivity index (χ0) is 12.2. The van der Waals surface area contributed by atoms with Crippen LogP contribution in [0.5, 0.6) is 0 Å². The van der Waals surface area contributed by atoms with E-state index in [2.05, 4.69) is 10.3 Å². The van der Waals surface area contributed by atoms with E-state index < -0.39 is 0 Å². The van der Waals surface area contributed by atoms with Crippen molar-refractivity contribution in [2.45, 2.75) is 20.8 Å². The van der Waals surface area contributed by atoms with Gasteiger partial charge in [0.15, 0.2) is 0 Å². The number of aromatic nitrogens is 1. The monoisotopic (exact) mass is 221 g/mol. The van der Waals surface area contributed by atoms with Crippen LogP contribution in [0.25, 0.3) is 0 Å². The summed E-state index contributed by atoms with van der Waals surface area (Å²) in [5.74, 6) is -0.0768. The van der Waals surface area contributed by atoms with Crippen LogP contribution in [0.1, 0.15) is 29.9 Å². The van der Waals surface area contributed by atoms with E-state index in [9.17, 15) is 4.79 Å². The maximum Gasteiger partial charge on any atom is 0.251 e. The second-order valence-corrected chi connectivity index (χ2v) is 4.74. The number of pyridine rings is 1. The van der Waals surface area contributed by atoms with Crippen molar-refractivity contribution < 1.29 is 4.79 Å². The summed E-state index contributed by atoms with van der Waals surface area (Å²) in [6, 6.07) is 3.47. The Morgan fingerprint density at radius 1 is 1.56 bits per heavy atom. The van der Waals surface area contributed by atoms with Gasteiger partial charge in [-0.15, -0.1) is 0 Å². The summed E-state index contributed by atoms with van der Waals surface area (Å²) < 4.78 is 0. The van der Waals surface area contributed by atoms with Gasteiger partial charge in [0, 0.05) is 24.0 Å². The van der Waals surface area contributed by atoms with Crippen LogP contribution in [-0.2, 0) is 0 Å². The van der Waals surface area contributed by atoms with E-state index in [0.29, 0.717) is 18.7 Å². The third kappa shape index (κ3) is 3.62. The summed E-state index contributed by atoms with van der Waals surface area (Å²) in [4.78, 5) is 15.8. The zero-order valence-corrected chi connectivity index (χ0v) is 10.1. The van der Waals surface area contributed by atoms with E-state index in [-0.39, 0.29) is 11.3 Å². The quantitative estimate of drug-likeness (QED) is 0.800. The van der Waals surface area contributed by atoms with Gasteiger partial charge >= 0.3 is 0 Å². The Bertz CT molecular complexity index is 374. The number of nitrogens with two attached hydrogens (primary N) is 1. The fraction of sp³-hybridized carbons (Fsp3) is 0.500. The van der Waals surface area contributed by atoms with Gasteiger partial charge in [0.25, 0.3) is 5.91 Å². The third-order valence-corrected chi connectivity index (χ3v) is 2.44. The van der Waals surface area contributed by atoms with E-state index in [1.54, 1.807) is 18.3 Å². The fourth-order valence-electron chi connectivity index (χ4n) is 1.18. The summed E-state index contributed by atoms with van der Waals surface area (Å²) in [6.45, 7) is 7.02. The molecule has 0 bridgehead atoms. The van der Waals surface area contributed by atoms with Crippen LogP contribution in [0.15, 0.2) is 18.3 Å². The number of hydrogen-bond donors (Lipinski definition) is 2. The maximum absolute atomic E-state index is 11.8. The van der Waals surface area contributed by atoms with Gasteiger partial charge in [-0.3, -0.25) is 9.78 Å². The van der Waals surface area contributed by atoms with Crippen LogP contribution >= 0.6 is 0 Å². The molecule has 1 aromatic rings. The molecule has 0 aliphatic heterocycles. The highest BCUT2D eigenvalue weighted by atomic mass is 16.1. The van der Waals surface area contributed by atoms with Crippen molar-refractivity contribution in [1.29, 1.82) is 0 Å². The summed E-state index contributed by atoms with van der Waals surface area (Å²) in [7, 11) is 0. The van der Waals surface area contributed by atoms with Gasteiger partial charge in [-0.2, -0.15) is 0 Å².